The van der Waals surface area contributed by atoms with Gasteiger partial charge in [0.05, 0.1) is 6.10 Å². The fourth-order valence-electron chi connectivity index (χ4n) is 1.74. The lowest BCUT2D eigenvalue weighted by Gasteiger charge is -2.11. The Balaban J connectivity index is 2.05. The van der Waals surface area contributed by atoms with Crippen molar-refractivity contribution in [3.05, 3.63) is 41.6 Å². The van der Waals surface area contributed by atoms with Crippen LogP contribution in [0.5, 0.6) is 5.88 Å². The fourth-order valence-corrected chi connectivity index (χ4v) is 1.74. The summed E-state index contributed by atoms with van der Waals surface area (Å²) in [5, 5.41) is 3.19. The average Bonchev–Trinajstić information content (AvgIpc) is 2.36. The summed E-state index contributed by atoms with van der Waals surface area (Å²) < 4.78 is 5.60. The number of benzene rings is 1. The van der Waals surface area contributed by atoms with Crippen molar-refractivity contribution < 1.29 is 4.74 Å². The first kappa shape index (κ1) is 14.1. The highest BCUT2D eigenvalue weighted by Crippen LogP contribution is 2.14. The molecule has 5 nitrogen and oxygen atoms in total. The van der Waals surface area contributed by atoms with Crippen LogP contribution >= 0.6 is 0 Å². The summed E-state index contributed by atoms with van der Waals surface area (Å²) in [5.74, 6) is 1.16. The first-order chi connectivity index (χ1) is 9.52. The second-order valence-corrected chi connectivity index (χ2v) is 4.93. The Morgan fingerprint density at radius 2 is 1.90 bits per heavy atom. The van der Waals surface area contributed by atoms with Crippen LogP contribution in [0.15, 0.2) is 30.3 Å². The minimum Gasteiger partial charge on any atom is -0.475 e. The molecule has 20 heavy (non-hydrogen) atoms. The Kier molecular flexibility index (Phi) is 4.40. The molecular weight excluding hydrogens is 252 g/mol. The second-order valence-electron chi connectivity index (χ2n) is 4.93. The molecule has 0 aliphatic heterocycles. The molecule has 106 valence electrons. The lowest BCUT2D eigenvalue weighted by molar-refractivity contribution is 0.232. The highest BCUT2D eigenvalue weighted by molar-refractivity contribution is 5.40. The third-order valence-corrected chi connectivity index (χ3v) is 2.62. The Morgan fingerprint density at radius 1 is 1.20 bits per heavy atom. The van der Waals surface area contributed by atoms with Crippen molar-refractivity contribution in [3.8, 4) is 5.88 Å². The minimum atomic E-state index is 0.0919. The van der Waals surface area contributed by atoms with Crippen molar-refractivity contribution >= 4 is 11.6 Å². The number of nitrogen functional groups attached to an aromatic ring is 1. The molecule has 1 aromatic carbocycles. The molecule has 0 atom stereocenters. The summed E-state index contributed by atoms with van der Waals surface area (Å²) in [7, 11) is 0. The summed E-state index contributed by atoms with van der Waals surface area (Å²) >= 11 is 0. The van der Waals surface area contributed by atoms with Crippen LogP contribution in [0, 0.1) is 6.92 Å². The third-order valence-electron chi connectivity index (χ3n) is 2.62. The Hall–Kier alpha value is -2.30. The summed E-state index contributed by atoms with van der Waals surface area (Å²) in [6, 6.07) is 9.53. The summed E-state index contributed by atoms with van der Waals surface area (Å²) in [6.45, 7) is 6.51. The molecule has 5 heteroatoms. The van der Waals surface area contributed by atoms with Crippen molar-refractivity contribution in [3.63, 3.8) is 0 Å². The zero-order valence-corrected chi connectivity index (χ0v) is 12.1. The third kappa shape index (κ3) is 4.12. The van der Waals surface area contributed by atoms with Gasteiger partial charge in [-0.15, -0.1) is 0 Å². The van der Waals surface area contributed by atoms with E-state index in [2.05, 4.69) is 15.3 Å². The Labute approximate surface area is 119 Å². The van der Waals surface area contributed by atoms with E-state index in [9.17, 15) is 0 Å². The normalized spacial score (nSPS) is 10.6. The smallest absolute Gasteiger partial charge is 0.226 e. The van der Waals surface area contributed by atoms with Gasteiger partial charge < -0.3 is 15.8 Å². The second kappa shape index (κ2) is 6.23. The van der Waals surface area contributed by atoms with Crippen molar-refractivity contribution in [1.82, 2.24) is 9.97 Å². The van der Waals surface area contributed by atoms with Gasteiger partial charge in [-0.25, -0.2) is 4.98 Å². The van der Waals surface area contributed by atoms with E-state index in [1.807, 2.05) is 51.1 Å². The topological polar surface area (TPSA) is 73.1 Å². The summed E-state index contributed by atoms with van der Waals surface area (Å²) in [4.78, 5) is 8.68. The van der Waals surface area contributed by atoms with E-state index in [0.29, 0.717) is 18.4 Å². The average molecular weight is 272 g/mol. The van der Waals surface area contributed by atoms with Gasteiger partial charge in [0.2, 0.25) is 11.8 Å². The molecule has 0 aliphatic carbocycles. The number of hydrogen-bond donors (Lipinski definition) is 2. The van der Waals surface area contributed by atoms with Crippen molar-refractivity contribution in [2.75, 3.05) is 11.1 Å². The van der Waals surface area contributed by atoms with E-state index in [-0.39, 0.29) is 6.10 Å². The van der Waals surface area contributed by atoms with Gasteiger partial charge in [0.1, 0.15) is 0 Å². The van der Waals surface area contributed by atoms with Gasteiger partial charge in [0, 0.05) is 24.0 Å². The molecule has 0 fully saturated rings. The number of nitrogens with one attached hydrogen (secondary N) is 1. The number of ether oxygens (including phenoxy) is 1. The molecule has 3 N–H and O–H groups in total. The predicted molar refractivity (Wildman–Crippen MR) is 80.7 cm³/mol. The molecule has 2 aromatic rings. The highest BCUT2D eigenvalue weighted by Gasteiger charge is 2.05. The van der Waals surface area contributed by atoms with E-state index in [0.717, 1.165) is 16.9 Å². The molecule has 0 radical (unpaired) electrons. The number of aryl methyl sites for hydroxylation is 1. The molecule has 2 rings (SSSR count). The monoisotopic (exact) mass is 272 g/mol. The Bertz CT molecular complexity index is 567. The largest absolute Gasteiger partial charge is 0.475 e. The van der Waals surface area contributed by atoms with Crippen LogP contribution in [0.25, 0.3) is 0 Å². The van der Waals surface area contributed by atoms with Crippen LogP contribution in [0.3, 0.4) is 0 Å². The van der Waals surface area contributed by atoms with Gasteiger partial charge in [0.15, 0.2) is 0 Å². The molecule has 0 saturated heterocycles. The first-order valence-electron chi connectivity index (χ1n) is 6.63. The number of nitrogens with zero attached hydrogens (tertiary/aromatic N) is 2. The van der Waals surface area contributed by atoms with E-state index >= 15 is 0 Å². The summed E-state index contributed by atoms with van der Waals surface area (Å²) in [6.07, 6.45) is 0.0919. The molecular formula is C15H20N4O. The Morgan fingerprint density at radius 3 is 2.55 bits per heavy atom. The quantitative estimate of drug-likeness (QED) is 0.819. The lowest BCUT2D eigenvalue weighted by Crippen LogP contribution is -2.10. The SMILES string of the molecule is Cc1cc(OC(C)C)nc(NCc2ccc(N)cc2)n1. The van der Waals surface area contributed by atoms with Crippen LogP contribution in [-0.4, -0.2) is 16.1 Å². The van der Waals surface area contributed by atoms with Crippen LogP contribution in [-0.2, 0) is 6.54 Å². The maximum atomic E-state index is 5.66. The van der Waals surface area contributed by atoms with E-state index in [1.54, 1.807) is 0 Å². The van der Waals surface area contributed by atoms with Crippen LogP contribution in [0.4, 0.5) is 11.6 Å². The number of rotatable bonds is 5. The minimum absolute atomic E-state index is 0.0919. The molecule has 1 aromatic heterocycles. The van der Waals surface area contributed by atoms with E-state index < -0.39 is 0 Å². The van der Waals surface area contributed by atoms with Gasteiger partial charge in [-0.2, -0.15) is 4.98 Å². The number of anilines is 2. The van der Waals surface area contributed by atoms with Gasteiger partial charge in [-0.05, 0) is 38.5 Å². The molecule has 0 bridgehead atoms. The maximum absolute atomic E-state index is 5.66. The predicted octanol–water partition coefficient (Wildman–Crippen LogP) is 2.77. The van der Waals surface area contributed by atoms with Crippen molar-refractivity contribution in [2.24, 2.45) is 0 Å². The van der Waals surface area contributed by atoms with Crippen LogP contribution < -0.4 is 15.8 Å². The number of nitrogens with two attached hydrogens (primary N) is 1. The number of aromatic nitrogens is 2. The van der Waals surface area contributed by atoms with Crippen molar-refractivity contribution in [1.29, 1.82) is 0 Å². The first-order valence-corrected chi connectivity index (χ1v) is 6.63. The van der Waals surface area contributed by atoms with E-state index in [1.165, 1.54) is 0 Å². The zero-order valence-electron chi connectivity index (χ0n) is 12.1. The lowest BCUT2D eigenvalue weighted by atomic mass is 10.2. The fraction of sp³-hybridized carbons (Fsp3) is 0.333. The number of hydrogen-bond acceptors (Lipinski definition) is 5. The molecule has 0 unspecified atom stereocenters. The maximum Gasteiger partial charge on any atom is 0.226 e. The summed E-state index contributed by atoms with van der Waals surface area (Å²) in [5.41, 5.74) is 8.41. The zero-order chi connectivity index (χ0) is 14.5. The van der Waals surface area contributed by atoms with Crippen molar-refractivity contribution in [2.45, 2.75) is 33.4 Å². The molecule has 0 amide bonds. The van der Waals surface area contributed by atoms with Crippen LogP contribution in [0.1, 0.15) is 25.1 Å². The van der Waals surface area contributed by atoms with Gasteiger partial charge in [-0.1, -0.05) is 12.1 Å². The van der Waals surface area contributed by atoms with Gasteiger partial charge in [0.25, 0.3) is 0 Å². The van der Waals surface area contributed by atoms with E-state index in [4.69, 9.17) is 10.5 Å². The molecule has 1 heterocycles. The molecule has 0 aliphatic rings. The van der Waals surface area contributed by atoms with Gasteiger partial charge >= 0.3 is 0 Å². The van der Waals surface area contributed by atoms with Crippen LogP contribution in [0.2, 0.25) is 0 Å². The van der Waals surface area contributed by atoms with Gasteiger partial charge in [-0.3, -0.25) is 0 Å². The standard InChI is InChI=1S/C15H20N4O/c1-10(2)20-14-8-11(3)18-15(19-14)17-9-12-4-6-13(16)7-5-12/h4-8,10H,9,16H2,1-3H3,(H,17,18,19). The molecule has 0 spiro atoms. The molecule has 0 saturated carbocycles. The highest BCUT2D eigenvalue weighted by atomic mass is 16.5.